The first-order valence-electron chi connectivity index (χ1n) is 6.98. The summed E-state index contributed by atoms with van der Waals surface area (Å²) in [6.45, 7) is 8.35. The number of aldehydes is 1. The van der Waals surface area contributed by atoms with E-state index in [-0.39, 0.29) is 6.10 Å². The first kappa shape index (κ1) is 16.7. The molecule has 1 aliphatic heterocycles. The van der Waals surface area contributed by atoms with Gasteiger partial charge in [0, 0.05) is 12.0 Å². The predicted molar refractivity (Wildman–Crippen MR) is 78.3 cm³/mol. The van der Waals surface area contributed by atoms with Gasteiger partial charge in [0.05, 0.1) is 19.8 Å². The van der Waals surface area contributed by atoms with Crippen LogP contribution in [0.1, 0.15) is 43.6 Å². The number of benzene rings is 1. The standard InChI is InChI=1S/C14H18O4.C2H6/c1-14(2)17-9-12(18-14)7-11-6-10(8-15)4-5-13(11)16-3;1-2/h4-6,8,12H,7,9H2,1-3H3;1-2H3. The summed E-state index contributed by atoms with van der Waals surface area (Å²) < 4.78 is 16.6. The third-order valence-electron chi connectivity index (χ3n) is 2.96. The Morgan fingerprint density at radius 3 is 2.60 bits per heavy atom. The second-order valence-electron chi connectivity index (χ2n) is 4.84. The Morgan fingerprint density at radius 2 is 2.10 bits per heavy atom. The van der Waals surface area contributed by atoms with Crippen LogP contribution in [0.25, 0.3) is 0 Å². The highest BCUT2D eigenvalue weighted by molar-refractivity contribution is 5.75. The Balaban J connectivity index is 0.000000956. The molecule has 0 bridgehead atoms. The summed E-state index contributed by atoms with van der Waals surface area (Å²) in [5.74, 6) is 0.245. The molecule has 0 aromatic heterocycles. The van der Waals surface area contributed by atoms with Crippen LogP contribution in [-0.4, -0.2) is 31.9 Å². The van der Waals surface area contributed by atoms with Gasteiger partial charge in [-0.15, -0.1) is 0 Å². The van der Waals surface area contributed by atoms with Gasteiger partial charge in [-0.25, -0.2) is 0 Å². The van der Waals surface area contributed by atoms with Gasteiger partial charge in [0.15, 0.2) is 5.79 Å². The molecule has 4 heteroatoms. The van der Waals surface area contributed by atoms with Crippen molar-refractivity contribution in [3.8, 4) is 5.75 Å². The second-order valence-corrected chi connectivity index (χ2v) is 4.84. The quantitative estimate of drug-likeness (QED) is 0.794. The minimum absolute atomic E-state index is 0.00389. The molecular weight excluding hydrogens is 256 g/mol. The lowest BCUT2D eigenvalue weighted by atomic mass is 10.0. The summed E-state index contributed by atoms with van der Waals surface area (Å²) in [7, 11) is 1.62. The topological polar surface area (TPSA) is 44.8 Å². The van der Waals surface area contributed by atoms with E-state index in [1.165, 1.54) is 0 Å². The molecule has 1 aromatic carbocycles. The van der Waals surface area contributed by atoms with E-state index in [9.17, 15) is 4.79 Å². The molecule has 112 valence electrons. The zero-order valence-corrected chi connectivity index (χ0v) is 12.9. The summed E-state index contributed by atoms with van der Waals surface area (Å²) in [4.78, 5) is 10.8. The molecule has 1 aromatic rings. The summed E-state index contributed by atoms with van der Waals surface area (Å²) in [6.07, 6.45) is 1.50. The first-order valence-corrected chi connectivity index (χ1v) is 6.98. The van der Waals surface area contributed by atoms with Crippen molar-refractivity contribution in [3.63, 3.8) is 0 Å². The van der Waals surface area contributed by atoms with E-state index in [1.807, 2.05) is 33.8 Å². The van der Waals surface area contributed by atoms with Crippen molar-refractivity contribution in [1.29, 1.82) is 0 Å². The molecule has 20 heavy (non-hydrogen) atoms. The number of ether oxygens (including phenoxy) is 3. The van der Waals surface area contributed by atoms with Gasteiger partial charge in [-0.2, -0.15) is 0 Å². The highest BCUT2D eigenvalue weighted by Gasteiger charge is 2.33. The molecule has 0 aliphatic carbocycles. The van der Waals surface area contributed by atoms with E-state index in [2.05, 4.69) is 0 Å². The van der Waals surface area contributed by atoms with Crippen molar-refractivity contribution in [2.75, 3.05) is 13.7 Å². The maximum Gasteiger partial charge on any atom is 0.163 e. The van der Waals surface area contributed by atoms with Crippen LogP contribution in [0, 0.1) is 0 Å². The molecule has 0 spiro atoms. The Morgan fingerprint density at radius 1 is 1.40 bits per heavy atom. The molecule has 0 radical (unpaired) electrons. The van der Waals surface area contributed by atoms with Gasteiger partial charge in [-0.3, -0.25) is 4.79 Å². The molecule has 1 saturated heterocycles. The minimum atomic E-state index is -0.528. The molecule has 1 unspecified atom stereocenters. The molecule has 1 heterocycles. The smallest absolute Gasteiger partial charge is 0.163 e. The lowest BCUT2D eigenvalue weighted by molar-refractivity contribution is -0.138. The molecule has 1 atom stereocenters. The van der Waals surface area contributed by atoms with E-state index in [0.717, 1.165) is 17.6 Å². The summed E-state index contributed by atoms with van der Waals surface area (Å²) >= 11 is 0. The van der Waals surface area contributed by atoms with E-state index in [0.29, 0.717) is 18.6 Å². The zero-order chi connectivity index (χ0) is 15.2. The molecule has 1 fully saturated rings. The number of methoxy groups -OCH3 is 1. The second kappa shape index (κ2) is 7.41. The minimum Gasteiger partial charge on any atom is -0.496 e. The van der Waals surface area contributed by atoms with Gasteiger partial charge in [0.25, 0.3) is 0 Å². The summed E-state index contributed by atoms with van der Waals surface area (Å²) in [6, 6.07) is 5.38. The number of hydrogen-bond donors (Lipinski definition) is 0. The van der Waals surface area contributed by atoms with Gasteiger partial charge in [0.2, 0.25) is 0 Å². The molecule has 1 aliphatic rings. The van der Waals surface area contributed by atoms with Gasteiger partial charge in [-0.1, -0.05) is 13.8 Å². The zero-order valence-electron chi connectivity index (χ0n) is 12.9. The van der Waals surface area contributed by atoms with Crippen molar-refractivity contribution >= 4 is 6.29 Å². The molecular formula is C16H24O4. The Bertz CT molecular complexity index is 440. The summed E-state index contributed by atoms with van der Waals surface area (Å²) in [5, 5.41) is 0. The summed E-state index contributed by atoms with van der Waals surface area (Å²) in [5.41, 5.74) is 1.61. The lowest BCUT2D eigenvalue weighted by Crippen LogP contribution is -2.22. The maximum atomic E-state index is 10.8. The number of hydrogen-bond acceptors (Lipinski definition) is 4. The van der Waals surface area contributed by atoms with Crippen molar-refractivity contribution in [2.45, 2.75) is 46.0 Å². The van der Waals surface area contributed by atoms with Crippen molar-refractivity contribution in [3.05, 3.63) is 29.3 Å². The predicted octanol–water partition coefficient (Wildman–Crippen LogP) is 3.23. The number of carbonyl (C=O) groups excluding carboxylic acids is 1. The van der Waals surface area contributed by atoms with Crippen molar-refractivity contribution in [2.24, 2.45) is 0 Å². The third-order valence-corrected chi connectivity index (χ3v) is 2.96. The van der Waals surface area contributed by atoms with Crippen LogP contribution in [0.2, 0.25) is 0 Å². The fourth-order valence-corrected chi connectivity index (χ4v) is 2.14. The van der Waals surface area contributed by atoms with Crippen LogP contribution in [-0.2, 0) is 15.9 Å². The first-order chi connectivity index (χ1) is 9.54. The average molecular weight is 280 g/mol. The van der Waals surface area contributed by atoms with Gasteiger partial charge in [0.1, 0.15) is 12.0 Å². The van der Waals surface area contributed by atoms with Crippen LogP contribution < -0.4 is 4.74 Å². The van der Waals surface area contributed by atoms with Crippen LogP contribution in [0.3, 0.4) is 0 Å². The van der Waals surface area contributed by atoms with Crippen LogP contribution in [0.5, 0.6) is 5.75 Å². The van der Waals surface area contributed by atoms with Gasteiger partial charge in [-0.05, 0) is 37.6 Å². The van der Waals surface area contributed by atoms with E-state index >= 15 is 0 Å². The molecule has 0 amide bonds. The molecule has 2 rings (SSSR count). The van der Waals surface area contributed by atoms with E-state index < -0.39 is 5.79 Å². The normalized spacial score (nSPS) is 19.9. The van der Waals surface area contributed by atoms with Crippen LogP contribution >= 0.6 is 0 Å². The lowest BCUT2D eigenvalue weighted by Gasteiger charge is -2.17. The maximum absolute atomic E-state index is 10.8. The van der Waals surface area contributed by atoms with Gasteiger partial charge < -0.3 is 14.2 Å². The monoisotopic (exact) mass is 280 g/mol. The fourth-order valence-electron chi connectivity index (χ4n) is 2.14. The highest BCUT2D eigenvalue weighted by Crippen LogP contribution is 2.28. The highest BCUT2D eigenvalue weighted by atomic mass is 16.7. The Labute approximate surface area is 121 Å². The van der Waals surface area contributed by atoms with Crippen molar-refractivity contribution in [1.82, 2.24) is 0 Å². The molecule has 0 saturated carbocycles. The Kier molecular flexibility index (Phi) is 6.17. The fraction of sp³-hybridized carbons (Fsp3) is 0.562. The van der Waals surface area contributed by atoms with E-state index in [4.69, 9.17) is 14.2 Å². The van der Waals surface area contributed by atoms with Crippen molar-refractivity contribution < 1.29 is 19.0 Å². The Hall–Kier alpha value is -1.39. The van der Waals surface area contributed by atoms with Gasteiger partial charge >= 0.3 is 0 Å². The van der Waals surface area contributed by atoms with Crippen LogP contribution in [0.4, 0.5) is 0 Å². The number of carbonyl (C=O) groups is 1. The number of rotatable bonds is 4. The third kappa shape index (κ3) is 4.32. The molecule has 4 nitrogen and oxygen atoms in total. The SMILES string of the molecule is CC.COc1ccc(C=O)cc1CC1COC(C)(C)O1. The molecule has 0 N–H and O–H groups in total. The average Bonchev–Trinajstić information content (AvgIpc) is 2.80. The van der Waals surface area contributed by atoms with E-state index in [1.54, 1.807) is 19.2 Å². The largest absolute Gasteiger partial charge is 0.496 e. The van der Waals surface area contributed by atoms with Crippen LogP contribution in [0.15, 0.2) is 18.2 Å².